The van der Waals surface area contributed by atoms with Crippen molar-refractivity contribution in [1.29, 1.82) is 0 Å². The van der Waals surface area contributed by atoms with Crippen molar-refractivity contribution in [3.8, 4) is 11.5 Å². The molecule has 100 valence electrons. The minimum atomic E-state index is -0.784. The number of aliphatic carboxylic acids is 1. The number of carboxylic acid groups (broad SMARTS) is 1. The summed E-state index contributed by atoms with van der Waals surface area (Å²) in [6.07, 6.45) is 1.38. The number of carboxylic acids is 1. The van der Waals surface area contributed by atoms with Gasteiger partial charge >= 0.3 is 5.97 Å². The molecule has 5 heteroatoms. The molecule has 0 fully saturated rings. The maximum atomic E-state index is 10.6. The van der Waals surface area contributed by atoms with Gasteiger partial charge in [0.2, 0.25) is 0 Å². The zero-order valence-electron chi connectivity index (χ0n) is 10.7. The van der Waals surface area contributed by atoms with E-state index in [1.807, 2.05) is 13.0 Å². The van der Waals surface area contributed by atoms with Crippen LogP contribution in [0, 0.1) is 6.92 Å². The normalized spacial score (nSPS) is 10.2. The summed E-state index contributed by atoms with van der Waals surface area (Å²) in [5, 5.41) is 8.68. The van der Waals surface area contributed by atoms with Gasteiger partial charge < -0.3 is 14.6 Å². The molecule has 0 bridgehead atoms. The van der Waals surface area contributed by atoms with E-state index in [4.69, 9.17) is 14.6 Å². The van der Waals surface area contributed by atoms with Gasteiger partial charge in [0.25, 0.3) is 0 Å². The van der Waals surface area contributed by atoms with Crippen LogP contribution in [0.3, 0.4) is 0 Å². The molecule has 0 heterocycles. The molecule has 1 N–H and O–H groups in total. The van der Waals surface area contributed by atoms with Crippen LogP contribution in [-0.4, -0.2) is 25.3 Å². The van der Waals surface area contributed by atoms with Crippen molar-refractivity contribution in [2.45, 2.75) is 26.2 Å². The van der Waals surface area contributed by atoms with Crippen LogP contribution in [-0.2, 0) is 11.2 Å². The topological polar surface area (TPSA) is 55.8 Å². The fraction of sp³-hybridized carbons (Fsp3) is 0.462. The van der Waals surface area contributed by atoms with Crippen LogP contribution < -0.4 is 9.47 Å². The van der Waals surface area contributed by atoms with Gasteiger partial charge in [0.1, 0.15) is 0 Å². The predicted octanol–water partition coefficient (Wildman–Crippen LogP) is 3.18. The van der Waals surface area contributed by atoms with Gasteiger partial charge in [-0.25, -0.2) is 0 Å². The molecule has 0 atom stereocenters. The van der Waals surface area contributed by atoms with Crippen LogP contribution in [0.1, 0.15) is 24.0 Å². The third kappa shape index (κ3) is 3.38. The molecule has 1 aromatic carbocycles. The maximum Gasteiger partial charge on any atom is 0.303 e. The molecular formula is C13H17BrO4. The Balaban J connectivity index is 3.06. The summed E-state index contributed by atoms with van der Waals surface area (Å²) in [4.78, 5) is 10.6. The first-order valence-corrected chi connectivity index (χ1v) is 6.42. The van der Waals surface area contributed by atoms with E-state index in [1.54, 1.807) is 14.2 Å². The highest BCUT2D eigenvalue weighted by atomic mass is 79.9. The summed E-state index contributed by atoms with van der Waals surface area (Å²) in [7, 11) is 3.17. The first-order chi connectivity index (χ1) is 8.51. The molecule has 0 radical (unpaired) electrons. The summed E-state index contributed by atoms with van der Waals surface area (Å²) in [6.45, 7) is 1.97. The van der Waals surface area contributed by atoms with E-state index in [0.29, 0.717) is 24.3 Å². The molecule has 1 aromatic rings. The fourth-order valence-corrected chi connectivity index (χ4v) is 2.29. The van der Waals surface area contributed by atoms with E-state index in [2.05, 4.69) is 15.9 Å². The van der Waals surface area contributed by atoms with E-state index >= 15 is 0 Å². The van der Waals surface area contributed by atoms with Crippen molar-refractivity contribution < 1.29 is 19.4 Å². The average molecular weight is 317 g/mol. The van der Waals surface area contributed by atoms with Gasteiger partial charge in [0.15, 0.2) is 11.5 Å². The number of carbonyl (C=O) groups is 1. The number of ether oxygens (including phenoxy) is 2. The van der Waals surface area contributed by atoms with Gasteiger partial charge in [-0.1, -0.05) is 15.9 Å². The molecule has 0 spiro atoms. The lowest BCUT2D eigenvalue weighted by atomic mass is 10.0. The minimum Gasteiger partial charge on any atom is -0.493 e. The maximum absolute atomic E-state index is 10.6. The molecule has 0 unspecified atom stereocenters. The number of methoxy groups -OCH3 is 2. The van der Waals surface area contributed by atoms with Crippen molar-refractivity contribution in [3.05, 3.63) is 21.7 Å². The Hall–Kier alpha value is -1.23. The Kier molecular flexibility index (Phi) is 5.47. The smallest absolute Gasteiger partial charge is 0.303 e. The van der Waals surface area contributed by atoms with E-state index in [-0.39, 0.29) is 6.42 Å². The van der Waals surface area contributed by atoms with E-state index < -0.39 is 5.97 Å². The van der Waals surface area contributed by atoms with Gasteiger partial charge in [-0.3, -0.25) is 4.79 Å². The SMILES string of the molecule is COc1cc(Br)c(C)c(CCCC(=O)O)c1OC. The molecule has 0 aliphatic rings. The largest absolute Gasteiger partial charge is 0.493 e. The van der Waals surface area contributed by atoms with Crippen molar-refractivity contribution >= 4 is 21.9 Å². The first kappa shape index (κ1) is 14.8. The van der Waals surface area contributed by atoms with Crippen molar-refractivity contribution in [3.63, 3.8) is 0 Å². The lowest BCUT2D eigenvalue weighted by Crippen LogP contribution is -2.02. The Bertz CT molecular complexity index is 443. The second kappa shape index (κ2) is 6.64. The summed E-state index contributed by atoms with van der Waals surface area (Å²) in [6, 6.07) is 1.86. The summed E-state index contributed by atoms with van der Waals surface area (Å²) < 4.78 is 11.6. The van der Waals surface area contributed by atoms with Gasteiger partial charge in [-0.2, -0.15) is 0 Å². The number of hydrogen-bond acceptors (Lipinski definition) is 3. The number of benzene rings is 1. The van der Waals surface area contributed by atoms with Crippen molar-refractivity contribution in [2.75, 3.05) is 14.2 Å². The second-order valence-corrected chi connectivity index (χ2v) is 4.80. The predicted molar refractivity (Wildman–Crippen MR) is 72.6 cm³/mol. The molecule has 0 saturated heterocycles. The van der Waals surface area contributed by atoms with Gasteiger partial charge in [0, 0.05) is 16.5 Å². The number of hydrogen-bond donors (Lipinski definition) is 1. The molecule has 0 amide bonds. The van der Waals surface area contributed by atoms with E-state index in [1.165, 1.54) is 0 Å². The Labute approximate surface area is 115 Å². The van der Waals surface area contributed by atoms with Gasteiger partial charge in [-0.05, 0) is 31.4 Å². The van der Waals surface area contributed by atoms with E-state index in [9.17, 15) is 4.79 Å². The molecular weight excluding hydrogens is 300 g/mol. The molecule has 1 rings (SSSR count). The third-order valence-corrected chi connectivity index (χ3v) is 3.63. The molecule has 0 aliphatic heterocycles. The highest BCUT2D eigenvalue weighted by Crippen LogP contribution is 2.38. The highest BCUT2D eigenvalue weighted by molar-refractivity contribution is 9.10. The van der Waals surface area contributed by atoms with E-state index in [0.717, 1.165) is 15.6 Å². The average Bonchev–Trinajstić information content (AvgIpc) is 2.33. The Morgan fingerprint density at radius 2 is 2.06 bits per heavy atom. The number of rotatable bonds is 6. The van der Waals surface area contributed by atoms with Crippen LogP contribution >= 0.6 is 15.9 Å². The Morgan fingerprint density at radius 1 is 1.39 bits per heavy atom. The van der Waals surface area contributed by atoms with Crippen LogP contribution in [0.2, 0.25) is 0 Å². The highest BCUT2D eigenvalue weighted by Gasteiger charge is 2.16. The lowest BCUT2D eigenvalue weighted by molar-refractivity contribution is -0.137. The van der Waals surface area contributed by atoms with Crippen LogP contribution in [0.15, 0.2) is 10.5 Å². The van der Waals surface area contributed by atoms with Crippen LogP contribution in [0.25, 0.3) is 0 Å². The van der Waals surface area contributed by atoms with Crippen molar-refractivity contribution in [1.82, 2.24) is 0 Å². The standard InChI is InChI=1S/C13H17BrO4/c1-8-9(5-4-6-12(15)16)13(18-3)11(17-2)7-10(8)14/h7H,4-6H2,1-3H3,(H,15,16). The summed E-state index contributed by atoms with van der Waals surface area (Å²) in [5.41, 5.74) is 2.04. The molecule has 4 nitrogen and oxygen atoms in total. The Morgan fingerprint density at radius 3 is 2.56 bits per heavy atom. The zero-order chi connectivity index (χ0) is 13.7. The van der Waals surface area contributed by atoms with Crippen LogP contribution in [0.5, 0.6) is 11.5 Å². The zero-order valence-corrected chi connectivity index (χ0v) is 12.3. The monoisotopic (exact) mass is 316 g/mol. The fourth-order valence-electron chi connectivity index (χ4n) is 1.84. The first-order valence-electron chi connectivity index (χ1n) is 5.63. The quantitative estimate of drug-likeness (QED) is 0.875. The number of halogens is 1. The van der Waals surface area contributed by atoms with Crippen molar-refractivity contribution in [2.24, 2.45) is 0 Å². The second-order valence-electron chi connectivity index (χ2n) is 3.94. The summed E-state index contributed by atoms with van der Waals surface area (Å²) >= 11 is 3.47. The molecule has 0 aromatic heterocycles. The molecule has 0 aliphatic carbocycles. The minimum absolute atomic E-state index is 0.150. The molecule has 0 saturated carbocycles. The lowest BCUT2D eigenvalue weighted by Gasteiger charge is -2.16. The van der Waals surface area contributed by atoms with Gasteiger partial charge in [-0.15, -0.1) is 0 Å². The van der Waals surface area contributed by atoms with Gasteiger partial charge in [0.05, 0.1) is 14.2 Å². The third-order valence-electron chi connectivity index (χ3n) is 2.81. The molecule has 18 heavy (non-hydrogen) atoms. The van der Waals surface area contributed by atoms with Crippen LogP contribution in [0.4, 0.5) is 0 Å². The summed E-state index contributed by atoms with van der Waals surface area (Å²) in [5.74, 6) is 0.553.